The minimum absolute atomic E-state index is 0.165. The number of aromatic nitrogens is 2. The van der Waals surface area contributed by atoms with Crippen LogP contribution < -0.4 is 15.8 Å². The molecule has 2 aromatic heterocycles. The molecule has 3 heterocycles. The minimum atomic E-state index is -0.724. The molecule has 180 valence electrons. The van der Waals surface area contributed by atoms with Crippen molar-refractivity contribution in [2.75, 3.05) is 36.5 Å². The van der Waals surface area contributed by atoms with E-state index in [1.165, 1.54) is 16.7 Å². The number of esters is 1. The van der Waals surface area contributed by atoms with Gasteiger partial charge in [0.2, 0.25) is 0 Å². The summed E-state index contributed by atoms with van der Waals surface area (Å²) in [5, 5.41) is 3.04. The highest BCUT2D eigenvalue weighted by molar-refractivity contribution is 5.90. The van der Waals surface area contributed by atoms with Crippen LogP contribution in [0.1, 0.15) is 42.7 Å². The van der Waals surface area contributed by atoms with Crippen LogP contribution in [0.5, 0.6) is 0 Å². The van der Waals surface area contributed by atoms with Crippen LogP contribution in [0.3, 0.4) is 0 Å². The first-order valence-corrected chi connectivity index (χ1v) is 11.0. The molecule has 1 aliphatic heterocycles. The zero-order chi connectivity index (χ0) is 24.4. The molecule has 10 heteroatoms. The quantitative estimate of drug-likeness (QED) is 0.549. The fourth-order valence-corrected chi connectivity index (χ4v) is 3.85. The van der Waals surface area contributed by atoms with Crippen LogP contribution in [0.25, 0.3) is 5.65 Å². The van der Waals surface area contributed by atoms with Gasteiger partial charge in [0, 0.05) is 42.7 Å². The van der Waals surface area contributed by atoms with Crippen LogP contribution in [0, 0.1) is 11.6 Å². The number of halogens is 2. The zero-order valence-electron chi connectivity index (χ0n) is 19.2. The van der Waals surface area contributed by atoms with Gasteiger partial charge in [0.05, 0.1) is 30.9 Å². The number of carbonyl (C=O) groups is 1. The number of hydrogen-bond acceptors (Lipinski definition) is 7. The lowest BCUT2D eigenvalue weighted by Gasteiger charge is -2.28. The molecule has 1 N–H and O–H groups in total. The Hall–Kier alpha value is -3.53. The summed E-state index contributed by atoms with van der Waals surface area (Å²) < 4.78 is 39.4. The minimum Gasteiger partial charge on any atom is -0.459 e. The van der Waals surface area contributed by atoms with Gasteiger partial charge in [-0.3, -0.25) is 9.20 Å². The molecule has 1 aromatic carbocycles. The summed E-state index contributed by atoms with van der Waals surface area (Å²) in [5.74, 6) is -1.54. The van der Waals surface area contributed by atoms with Crippen molar-refractivity contribution in [1.29, 1.82) is 0 Å². The predicted molar refractivity (Wildman–Crippen MR) is 123 cm³/mol. The van der Waals surface area contributed by atoms with Crippen LogP contribution in [-0.4, -0.2) is 47.8 Å². The molecule has 34 heavy (non-hydrogen) atoms. The number of morpholine rings is 1. The molecule has 1 atom stereocenters. The highest BCUT2D eigenvalue weighted by Gasteiger charge is 2.21. The molecule has 8 nitrogen and oxygen atoms in total. The maximum absolute atomic E-state index is 13.7. The molecule has 3 aromatic rings. The third-order valence-corrected chi connectivity index (χ3v) is 5.40. The molecule has 1 aliphatic rings. The molecule has 4 rings (SSSR count). The number of benzene rings is 1. The maximum atomic E-state index is 13.7. The van der Waals surface area contributed by atoms with Crippen molar-refractivity contribution >= 4 is 23.1 Å². The number of fused-ring (bicyclic) bond motifs is 1. The molecule has 0 aliphatic carbocycles. The highest BCUT2D eigenvalue weighted by Crippen LogP contribution is 2.26. The number of pyridine rings is 1. The van der Waals surface area contributed by atoms with Gasteiger partial charge < -0.3 is 19.7 Å². The lowest BCUT2D eigenvalue weighted by atomic mass is 10.1. The van der Waals surface area contributed by atoms with E-state index in [1.807, 2.05) is 4.90 Å². The van der Waals surface area contributed by atoms with Crippen molar-refractivity contribution in [2.45, 2.75) is 32.9 Å². The predicted octanol–water partition coefficient (Wildman–Crippen LogP) is 3.55. The summed E-state index contributed by atoms with van der Waals surface area (Å²) in [6, 6.07) is 5.55. The lowest BCUT2D eigenvalue weighted by molar-refractivity contribution is 0.0377. The third kappa shape index (κ3) is 5.17. The lowest BCUT2D eigenvalue weighted by Crippen LogP contribution is -2.37. The number of hydrogen-bond donors (Lipinski definition) is 1. The summed E-state index contributed by atoms with van der Waals surface area (Å²) in [7, 11) is 0. The Bertz CT molecular complexity index is 1250. The van der Waals surface area contributed by atoms with Gasteiger partial charge in [-0.15, -0.1) is 0 Å². The smallest absolute Gasteiger partial charge is 0.339 e. The first-order valence-electron chi connectivity index (χ1n) is 11.0. The van der Waals surface area contributed by atoms with Crippen LogP contribution in [0.2, 0.25) is 0 Å². The second kappa shape index (κ2) is 9.76. The number of nitrogens with one attached hydrogen (secondary N) is 1. The molecule has 1 saturated heterocycles. The number of nitrogens with zero attached hydrogens (tertiary/aromatic N) is 3. The van der Waals surface area contributed by atoms with E-state index in [4.69, 9.17) is 14.5 Å². The topological polar surface area (TPSA) is 85.2 Å². The monoisotopic (exact) mass is 472 g/mol. The van der Waals surface area contributed by atoms with E-state index in [9.17, 15) is 18.4 Å². The van der Waals surface area contributed by atoms with Crippen molar-refractivity contribution in [2.24, 2.45) is 0 Å². The van der Waals surface area contributed by atoms with Crippen molar-refractivity contribution < 1.29 is 23.0 Å². The van der Waals surface area contributed by atoms with Crippen molar-refractivity contribution in [3.05, 3.63) is 69.6 Å². The van der Waals surface area contributed by atoms with E-state index in [-0.39, 0.29) is 22.9 Å². The molecule has 1 fully saturated rings. The van der Waals surface area contributed by atoms with Gasteiger partial charge in [-0.2, -0.15) is 0 Å². The second-order valence-electron chi connectivity index (χ2n) is 8.41. The van der Waals surface area contributed by atoms with E-state index in [0.29, 0.717) is 43.3 Å². The van der Waals surface area contributed by atoms with Crippen LogP contribution in [0.4, 0.5) is 20.3 Å². The van der Waals surface area contributed by atoms with Crippen LogP contribution in [0.15, 0.2) is 41.3 Å². The Labute approximate surface area is 195 Å². The van der Waals surface area contributed by atoms with Crippen molar-refractivity contribution in [3.63, 3.8) is 0 Å². The molecule has 0 spiro atoms. The highest BCUT2D eigenvalue weighted by atomic mass is 19.1. The molecular weight excluding hydrogens is 446 g/mol. The van der Waals surface area contributed by atoms with E-state index < -0.39 is 23.6 Å². The van der Waals surface area contributed by atoms with Gasteiger partial charge in [0.1, 0.15) is 23.1 Å². The molecule has 0 bridgehead atoms. The normalized spacial score (nSPS) is 14.9. The van der Waals surface area contributed by atoms with Gasteiger partial charge >= 0.3 is 5.97 Å². The number of ether oxygens (including phenoxy) is 2. The fraction of sp³-hybridized carbons (Fsp3) is 0.375. The Balaban J connectivity index is 1.83. The van der Waals surface area contributed by atoms with Gasteiger partial charge in [-0.05, 0) is 39.0 Å². The van der Waals surface area contributed by atoms with Gasteiger partial charge in [0.25, 0.3) is 5.56 Å². The van der Waals surface area contributed by atoms with Gasteiger partial charge in [0.15, 0.2) is 0 Å². The van der Waals surface area contributed by atoms with Crippen molar-refractivity contribution in [1.82, 2.24) is 9.38 Å². The fourth-order valence-electron chi connectivity index (χ4n) is 3.85. The molecule has 0 saturated carbocycles. The van der Waals surface area contributed by atoms with Gasteiger partial charge in [-0.1, -0.05) is 0 Å². The van der Waals surface area contributed by atoms with Gasteiger partial charge in [-0.25, -0.2) is 18.6 Å². The molecule has 1 unspecified atom stereocenters. The molecule has 0 radical (unpaired) electrons. The Kier molecular flexibility index (Phi) is 6.78. The Morgan fingerprint density at radius 3 is 2.41 bits per heavy atom. The van der Waals surface area contributed by atoms with E-state index >= 15 is 0 Å². The number of carbonyl (C=O) groups excluding carboxylic acids is 1. The van der Waals surface area contributed by atoms with Crippen LogP contribution >= 0.6 is 0 Å². The average Bonchev–Trinajstić information content (AvgIpc) is 2.77. The maximum Gasteiger partial charge on any atom is 0.339 e. The van der Waals surface area contributed by atoms with E-state index in [1.54, 1.807) is 26.8 Å². The number of anilines is 2. The summed E-state index contributed by atoms with van der Waals surface area (Å²) >= 11 is 0. The Morgan fingerprint density at radius 1 is 1.09 bits per heavy atom. The second-order valence-corrected chi connectivity index (χ2v) is 8.41. The molecule has 0 amide bonds. The van der Waals surface area contributed by atoms with E-state index in [2.05, 4.69) is 5.32 Å². The third-order valence-electron chi connectivity index (χ3n) is 5.40. The van der Waals surface area contributed by atoms with Crippen LogP contribution in [-0.2, 0) is 9.47 Å². The summed E-state index contributed by atoms with van der Waals surface area (Å²) in [4.78, 5) is 32.4. The number of rotatable bonds is 6. The standard InChI is InChI=1S/C24H26F2N4O4/c1-14(2)34-24(32)16-8-20(15(3)27-19-10-17(25)9-18(26)11-19)23-28-21(12-22(31)30(23)13-16)29-4-6-33-7-5-29/h8-15,27H,4-7H2,1-3H3. The largest absolute Gasteiger partial charge is 0.459 e. The Morgan fingerprint density at radius 2 is 1.76 bits per heavy atom. The van der Waals surface area contributed by atoms with Crippen molar-refractivity contribution in [3.8, 4) is 0 Å². The first kappa shape index (κ1) is 23.6. The summed E-state index contributed by atoms with van der Waals surface area (Å²) in [6.07, 6.45) is 1.05. The SMILES string of the molecule is CC(C)OC(=O)c1cc(C(C)Nc2cc(F)cc(F)c2)c2nc(N3CCOCC3)cc(=O)n2c1. The average molecular weight is 472 g/mol. The first-order chi connectivity index (χ1) is 16.2. The summed E-state index contributed by atoms with van der Waals surface area (Å²) in [6.45, 7) is 7.44. The van der Waals surface area contributed by atoms with E-state index in [0.717, 1.165) is 18.2 Å². The zero-order valence-corrected chi connectivity index (χ0v) is 19.2. The summed E-state index contributed by atoms with van der Waals surface area (Å²) in [5.41, 5.74) is 0.835. The molecular formula is C24H26F2N4O4.